The zero-order chi connectivity index (χ0) is 31.8. The number of carbonyl (C=O) groups is 1. The van der Waals surface area contributed by atoms with Crippen LogP contribution in [0.1, 0.15) is 34.8 Å². The van der Waals surface area contributed by atoms with Gasteiger partial charge in [-0.25, -0.2) is 4.99 Å². The lowest BCUT2D eigenvalue weighted by molar-refractivity contribution is -0.129. The Morgan fingerprint density at radius 1 is 0.867 bits per heavy atom. The highest BCUT2D eigenvalue weighted by Crippen LogP contribution is 2.43. The van der Waals surface area contributed by atoms with E-state index in [-0.39, 0.29) is 19.1 Å². The van der Waals surface area contributed by atoms with Gasteiger partial charge in [0.2, 0.25) is 5.90 Å². The first-order valence-corrected chi connectivity index (χ1v) is 16.0. The third-order valence-corrected chi connectivity index (χ3v) is 8.51. The SMILES string of the molecule is COc1cc(CNC(=O)[C@]2(Cc3ccc(Br)cc3)N=C(c3ccc(OCCCO)cc3)O[C@@H]2c2ccc(Br)cc2)cc(OC)c1. The third-order valence-electron chi connectivity index (χ3n) is 7.45. The van der Waals surface area contributed by atoms with E-state index in [9.17, 15) is 4.79 Å². The van der Waals surface area contributed by atoms with Crippen molar-refractivity contribution in [2.75, 3.05) is 27.4 Å². The highest BCUT2D eigenvalue weighted by atomic mass is 79.9. The van der Waals surface area contributed by atoms with Crippen LogP contribution < -0.4 is 19.5 Å². The second-order valence-electron chi connectivity index (χ2n) is 10.5. The van der Waals surface area contributed by atoms with Gasteiger partial charge in [-0.15, -0.1) is 0 Å². The number of aliphatic hydroxyl groups excluding tert-OH is 1. The zero-order valence-electron chi connectivity index (χ0n) is 25.0. The van der Waals surface area contributed by atoms with Crippen LogP contribution in [-0.2, 0) is 22.5 Å². The predicted octanol–water partition coefficient (Wildman–Crippen LogP) is 6.81. The monoisotopic (exact) mass is 736 g/mol. The van der Waals surface area contributed by atoms with E-state index < -0.39 is 11.6 Å². The normalized spacial score (nSPS) is 17.3. The molecule has 5 rings (SSSR count). The van der Waals surface area contributed by atoms with Crippen LogP contribution in [0.4, 0.5) is 0 Å². The summed E-state index contributed by atoms with van der Waals surface area (Å²) in [6.07, 6.45) is 0.118. The fourth-order valence-electron chi connectivity index (χ4n) is 5.14. The van der Waals surface area contributed by atoms with Gasteiger partial charge in [0.05, 0.1) is 20.8 Å². The standard InChI is InChI=1S/C35H34Br2N2O6/c1-42-30-18-24(19-31(20-30)43-2)22-38-34(41)35(21-23-4-10-27(36)11-5-23)32(25-6-12-28(37)13-7-25)45-33(39-35)26-8-14-29(15-9-26)44-17-3-16-40/h4-15,18-20,32,40H,3,16-17,21-22H2,1-2H3,(H,38,41)/t32-,35-/m1/s1. The largest absolute Gasteiger partial charge is 0.497 e. The minimum Gasteiger partial charge on any atom is -0.497 e. The summed E-state index contributed by atoms with van der Waals surface area (Å²) in [6, 6.07) is 28.5. The molecule has 0 radical (unpaired) electrons. The van der Waals surface area contributed by atoms with Crippen LogP contribution in [0.15, 0.2) is 105 Å². The van der Waals surface area contributed by atoms with Gasteiger partial charge in [0.1, 0.15) is 17.2 Å². The lowest BCUT2D eigenvalue weighted by atomic mass is 9.82. The Balaban J connectivity index is 1.55. The molecule has 1 aliphatic heterocycles. The van der Waals surface area contributed by atoms with Gasteiger partial charge in [-0.2, -0.15) is 0 Å². The summed E-state index contributed by atoms with van der Waals surface area (Å²) < 4.78 is 25.1. The average Bonchev–Trinajstić information content (AvgIpc) is 3.45. The summed E-state index contributed by atoms with van der Waals surface area (Å²) in [4.78, 5) is 19.6. The molecular formula is C35H34Br2N2O6. The van der Waals surface area contributed by atoms with Crippen LogP contribution in [0.5, 0.6) is 17.2 Å². The Bertz CT molecular complexity index is 1610. The van der Waals surface area contributed by atoms with E-state index in [1.165, 1.54) is 0 Å². The molecular weight excluding hydrogens is 704 g/mol. The molecule has 2 N–H and O–H groups in total. The number of aliphatic hydroxyl groups is 1. The summed E-state index contributed by atoms with van der Waals surface area (Å²) >= 11 is 7.04. The zero-order valence-corrected chi connectivity index (χ0v) is 28.1. The van der Waals surface area contributed by atoms with Gasteiger partial charge in [0.25, 0.3) is 5.91 Å². The van der Waals surface area contributed by atoms with E-state index in [1.54, 1.807) is 20.3 Å². The summed E-state index contributed by atoms with van der Waals surface area (Å²) in [6.45, 7) is 0.703. The maximum atomic E-state index is 14.5. The number of nitrogens with zero attached hydrogens (tertiary/aromatic N) is 1. The van der Waals surface area contributed by atoms with E-state index in [2.05, 4.69) is 37.2 Å². The fourth-order valence-corrected chi connectivity index (χ4v) is 5.67. The number of ether oxygens (including phenoxy) is 4. The Kier molecular flexibility index (Phi) is 10.8. The lowest BCUT2D eigenvalue weighted by Crippen LogP contribution is -2.49. The number of hydrogen-bond acceptors (Lipinski definition) is 7. The first-order chi connectivity index (χ1) is 21.8. The Labute approximate surface area is 279 Å². The number of amides is 1. The van der Waals surface area contributed by atoms with Crippen molar-refractivity contribution >= 4 is 43.7 Å². The van der Waals surface area contributed by atoms with Gasteiger partial charge >= 0.3 is 0 Å². The van der Waals surface area contributed by atoms with Gasteiger partial charge in [0.15, 0.2) is 11.6 Å². The van der Waals surface area contributed by atoms with Crippen LogP contribution in [-0.4, -0.2) is 49.9 Å². The number of aliphatic imine (C=N–C) groups is 1. The highest BCUT2D eigenvalue weighted by Gasteiger charge is 2.53. The van der Waals surface area contributed by atoms with Crippen LogP contribution >= 0.6 is 31.9 Å². The molecule has 4 aromatic rings. The van der Waals surface area contributed by atoms with Crippen molar-refractivity contribution in [3.63, 3.8) is 0 Å². The maximum absolute atomic E-state index is 14.5. The van der Waals surface area contributed by atoms with Crippen molar-refractivity contribution in [1.82, 2.24) is 5.32 Å². The molecule has 0 fully saturated rings. The predicted molar refractivity (Wildman–Crippen MR) is 180 cm³/mol. The molecule has 0 spiro atoms. The Morgan fingerprint density at radius 2 is 1.49 bits per heavy atom. The van der Waals surface area contributed by atoms with Gasteiger partial charge < -0.3 is 29.4 Å². The minimum absolute atomic E-state index is 0.0635. The molecule has 0 saturated heterocycles. The molecule has 0 bridgehead atoms. The molecule has 1 aliphatic rings. The third kappa shape index (κ3) is 7.87. The van der Waals surface area contributed by atoms with Crippen molar-refractivity contribution in [2.45, 2.75) is 31.0 Å². The maximum Gasteiger partial charge on any atom is 0.252 e. The molecule has 1 heterocycles. The molecule has 2 atom stereocenters. The van der Waals surface area contributed by atoms with Crippen molar-refractivity contribution in [3.05, 3.63) is 122 Å². The number of rotatable bonds is 13. The number of methoxy groups -OCH3 is 2. The summed E-state index contributed by atoms with van der Waals surface area (Å²) in [5.74, 6) is 2.01. The first kappa shape index (κ1) is 32.5. The van der Waals surface area contributed by atoms with Crippen molar-refractivity contribution in [2.24, 2.45) is 4.99 Å². The summed E-state index contributed by atoms with van der Waals surface area (Å²) in [5.41, 5.74) is 1.94. The molecule has 0 saturated carbocycles. The molecule has 234 valence electrons. The summed E-state index contributed by atoms with van der Waals surface area (Å²) in [7, 11) is 3.18. The number of carbonyl (C=O) groups excluding carboxylic acids is 1. The lowest BCUT2D eigenvalue weighted by Gasteiger charge is -2.31. The number of benzene rings is 4. The molecule has 0 aromatic heterocycles. The average molecular weight is 738 g/mol. The van der Waals surface area contributed by atoms with E-state index in [0.29, 0.717) is 42.6 Å². The van der Waals surface area contributed by atoms with E-state index >= 15 is 0 Å². The molecule has 45 heavy (non-hydrogen) atoms. The number of halogens is 2. The highest BCUT2D eigenvalue weighted by molar-refractivity contribution is 9.10. The summed E-state index contributed by atoms with van der Waals surface area (Å²) in [5, 5.41) is 12.2. The molecule has 10 heteroatoms. The Hall–Kier alpha value is -3.86. The van der Waals surface area contributed by atoms with Crippen molar-refractivity contribution < 1.29 is 28.8 Å². The van der Waals surface area contributed by atoms with Gasteiger partial charge in [-0.05, 0) is 77.4 Å². The molecule has 0 unspecified atom stereocenters. The Morgan fingerprint density at radius 3 is 2.09 bits per heavy atom. The second-order valence-corrected chi connectivity index (χ2v) is 12.4. The van der Waals surface area contributed by atoms with Crippen LogP contribution in [0.25, 0.3) is 0 Å². The van der Waals surface area contributed by atoms with E-state index in [0.717, 1.165) is 31.2 Å². The van der Waals surface area contributed by atoms with Crippen LogP contribution in [0.3, 0.4) is 0 Å². The molecule has 4 aromatic carbocycles. The van der Waals surface area contributed by atoms with Gasteiger partial charge in [-0.3, -0.25) is 4.79 Å². The van der Waals surface area contributed by atoms with E-state index in [1.807, 2.05) is 84.9 Å². The number of nitrogens with one attached hydrogen (secondary N) is 1. The smallest absolute Gasteiger partial charge is 0.252 e. The van der Waals surface area contributed by atoms with Gasteiger partial charge in [0, 0.05) is 46.6 Å². The molecule has 1 amide bonds. The van der Waals surface area contributed by atoms with E-state index in [4.69, 9.17) is 29.0 Å². The first-order valence-electron chi connectivity index (χ1n) is 14.4. The van der Waals surface area contributed by atoms with Gasteiger partial charge in [-0.1, -0.05) is 56.1 Å². The fraction of sp³-hybridized carbons (Fsp3) is 0.257. The minimum atomic E-state index is -1.34. The quantitative estimate of drug-likeness (QED) is 0.147. The van der Waals surface area contributed by atoms with Crippen molar-refractivity contribution in [1.29, 1.82) is 0 Å². The molecule has 0 aliphatic carbocycles. The molecule has 8 nitrogen and oxygen atoms in total. The number of hydrogen-bond donors (Lipinski definition) is 2. The van der Waals surface area contributed by atoms with Crippen molar-refractivity contribution in [3.8, 4) is 17.2 Å². The van der Waals surface area contributed by atoms with Crippen LogP contribution in [0.2, 0.25) is 0 Å². The van der Waals surface area contributed by atoms with Crippen LogP contribution in [0, 0.1) is 0 Å². The second kappa shape index (κ2) is 14.9. The topological polar surface area (TPSA) is 98.6 Å².